The zero-order chi connectivity index (χ0) is 25.5. The number of ether oxygens (including phenoxy) is 2. The number of benzene rings is 3. The molecular weight excluding hydrogens is 474 g/mol. The van der Waals surface area contributed by atoms with Crippen LogP contribution in [0, 0.1) is 17.0 Å². The summed E-state index contributed by atoms with van der Waals surface area (Å²) in [4.78, 5) is 23.4. The summed E-state index contributed by atoms with van der Waals surface area (Å²) in [6, 6.07) is 15.3. The van der Waals surface area contributed by atoms with Gasteiger partial charge >= 0.3 is 5.97 Å². The van der Waals surface area contributed by atoms with E-state index in [1.54, 1.807) is 24.3 Å². The molecule has 3 rings (SSSR count). The molecule has 11 heteroatoms. The smallest absolute Gasteiger partial charge is 0.340 e. The number of rotatable bonds is 10. The first-order valence-electron chi connectivity index (χ1n) is 10.6. The van der Waals surface area contributed by atoms with Crippen LogP contribution in [0.5, 0.6) is 11.5 Å². The van der Waals surface area contributed by atoms with Gasteiger partial charge in [-0.2, -0.15) is 0 Å². The summed E-state index contributed by atoms with van der Waals surface area (Å²) in [6.45, 7) is 4.34. The van der Waals surface area contributed by atoms with Crippen LogP contribution in [0.3, 0.4) is 0 Å². The van der Waals surface area contributed by atoms with Crippen LogP contribution in [0.1, 0.15) is 29.3 Å². The molecule has 0 heterocycles. The lowest BCUT2D eigenvalue weighted by molar-refractivity contribution is -0.384. The number of nitro benzene ring substituents is 1. The standard InChI is InChI=1S/C24H25N3O7S/c1-4-13-25-21-15-19(10-12-23(21)27(29)30)34-18-9-11-22(20(14-18)24(28)33-3)26(35(31)32)17-7-5-16(2)6-8-17/h5-12,14-15,25H,4,13H2,1-3H3,(H,31,32)/p-1. The Kier molecular flexibility index (Phi) is 8.39. The van der Waals surface area contributed by atoms with Crippen molar-refractivity contribution in [2.75, 3.05) is 23.3 Å². The summed E-state index contributed by atoms with van der Waals surface area (Å²) in [5.74, 6) is -0.257. The molecule has 3 aromatic rings. The van der Waals surface area contributed by atoms with Crippen LogP contribution in [0.25, 0.3) is 0 Å². The summed E-state index contributed by atoms with van der Waals surface area (Å²) in [6.07, 6.45) is 0.769. The Hall–Kier alpha value is -3.96. The Morgan fingerprint density at radius 3 is 2.34 bits per heavy atom. The molecule has 10 nitrogen and oxygen atoms in total. The van der Waals surface area contributed by atoms with E-state index in [-0.39, 0.29) is 22.7 Å². The molecule has 35 heavy (non-hydrogen) atoms. The third kappa shape index (κ3) is 6.14. The normalized spacial score (nSPS) is 11.4. The van der Waals surface area contributed by atoms with Crippen molar-refractivity contribution in [1.29, 1.82) is 0 Å². The van der Waals surface area contributed by atoms with Crippen LogP contribution in [0.4, 0.5) is 22.7 Å². The zero-order valence-electron chi connectivity index (χ0n) is 19.3. The van der Waals surface area contributed by atoms with E-state index in [9.17, 15) is 23.7 Å². The molecule has 0 aliphatic rings. The number of nitrogens with one attached hydrogen (secondary N) is 1. The van der Waals surface area contributed by atoms with Gasteiger partial charge in [-0.15, -0.1) is 0 Å². The summed E-state index contributed by atoms with van der Waals surface area (Å²) in [7, 11) is 1.19. The molecule has 1 unspecified atom stereocenters. The van der Waals surface area contributed by atoms with Crippen molar-refractivity contribution in [2.24, 2.45) is 0 Å². The molecule has 0 aromatic heterocycles. The van der Waals surface area contributed by atoms with E-state index in [4.69, 9.17) is 9.47 Å². The maximum absolute atomic E-state index is 12.6. The van der Waals surface area contributed by atoms with Crippen LogP contribution in [0.15, 0.2) is 60.7 Å². The zero-order valence-corrected chi connectivity index (χ0v) is 20.2. The van der Waals surface area contributed by atoms with Gasteiger partial charge in [0.2, 0.25) is 0 Å². The number of esters is 1. The van der Waals surface area contributed by atoms with E-state index in [1.165, 1.54) is 43.5 Å². The van der Waals surface area contributed by atoms with Crippen LogP contribution >= 0.6 is 0 Å². The minimum absolute atomic E-state index is 0.0407. The lowest BCUT2D eigenvalue weighted by Crippen LogP contribution is -2.22. The Morgan fingerprint density at radius 2 is 1.74 bits per heavy atom. The minimum atomic E-state index is -2.74. The molecule has 0 radical (unpaired) electrons. The Bertz CT molecular complexity index is 1250. The van der Waals surface area contributed by atoms with Crippen molar-refractivity contribution in [3.63, 3.8) is 0 Å². The highest BCUT2D eigenvalue weighted by Crippen LogP contribution is 2.36. The molecule has 0 fully saturated rings. The number of hydrogen-bond donors (Lipinski definition) is 1. The number of nitrogens with zero attached hydrogens (tertiary/aromatic N) is 2. The Morgan fingerprint density at radius 1 is 1.09 bits per heavy atom. The third-order valence-electron chi connectivity index (χ3n) is 4.98. The van der Waals surface area contributed by atoms with Gasteiger partial charge in [-0.25, -0.2) is 4.79 Å². The first-order valence-corrected chi connectivity index (χ1v) is 11.7. The number of hydrogen-bond acceptors (Lipinski definition) is 8. The van der Waals surface area contributed by atoms with Gasteiger partial charge < -0.3 is 19.3 Å². The SMILES string of the molecule is CCCNc1cc(Oc2ccc(N(c3ccc(C)cc3)S(=O)[O-])c(C(=O)OC)c2)ccc1[N+](=O)[O-]. The highest BCUT2D eigenvalue weighted by molar-refractivity contribution is 7.81. The van der Waals surface area contributed by atoms with Crippen LogP contribution in [0.2, 0.25) is 0 Å². The predicted octanol–water partition coefficient (Wildman–Crippen LogP) is 5.24. The van der Waals surface area contributed by atoms with Crippen LogP contribution < -0.4 is 14.4 Å². The summed E-state index contributed by atoms with van der Waals surface area (Å²) >= 11 is -2.74. The van der Waals surface area contributed by atoms with Crippen molar-refractivity contribution < 1.29 is 28.0 Å². The van der Waals surface area contributed by atoms with E-state index in [0.29, 0.717) is 23.7 Å². The molecule has 0 amide bonds. The molecule has 0 aliphatic heterocycles. The molecule has 0 aliphatic carbocycles. The quantitative estimate of drug-likeness (QED) is 0.174. The monoisotopic (exact) mass is 498 g/mol. The third-order valence-corrected chi connectivity index (χ3v) is 5.68. The Balaban J connectivity index is 2.01. The fraction of sp³-hybridized carbons (Fsp3) is 0.208. The van der Waals surface area contributed by atoms with Gasteiger partial charge in [0, 0.05) is 18.7 Å². The van der Waals surface area contributed by atoms with Gasteiger partial charge in [-0.05, 0) is 49.7 Å². The highest BCUT2D eigenvalue weighted by Gasteiger charge is 2.21. The van der Waals surface area contributed by atoms with E-state index in [0.717, 1.165) is 16.3 Å². The van der Waals surface area contributed by atoms with Gasteiger partial charge in [0.25, 0.3) is 5.69 Å². The van der Waals surface area contributed by atoms with Gasteiger partial charge in [0.05, 0.1) is 40.2 Å². The maximum Gasteiger partial charge on any atom is 0.340 e. The molecule has 0 spiro atoms. The van der Waals surface area contributed by atoms with Crippen molar-refractivity contribution in [1.82, 2.24) is 0 Å². The number of methoxy groups -OCH3 is 1. The number of carbonyl (C=O) groups excluding carboxylic acids is 1. The van der Waals surface area contributed by atoms with Crippen molar-refractivity contribution in [3.8, 4) is 11.5 Å². The van der Waals surface area contributed by atoms with Gasteiger partial charge in [0.15, 0.2) is 0 Å². The topological polar surface area (TPSA) is 134 Å². The number of nitro groups is 1. The van der Waals surface area contributed by atoms with E-state index >= 15 is 0 Å². The molecule has 0 bridgehead atoms. The summed E-state index contributed by atoms with van der Waals surface area (Å²) in [5, 5.41) is 14.3. The Labute approximate surface area is 205 Å². The molecule has 0 saturated heterocycles. The fourth-order valence-corrected chi connectivity index (χ4v) is 3.90. The fourth-order valence-electron chi connectivity index (χ4n) is 3.29. The maximum atomic E-state index is 12.6. The molecule has 184 valence electrons. The second kappa shape index (κ2) is 11.4. The number of carbonyl (C=O) groups is 1. The molecule has 0 saturated carbocycles. The van der Waals surface area contributed by atoms with Gasteiger partial charge in [0.1, 0.15) is 17.2 Å². The molecule has 1 N–H and O–H groups in total. The lowest BCUT2D eigenvalue weighted by Gasteiger charge is -2.28. The molecule has 3 aromatic carbocycles. The second-order valence-corrected chi connectivity index (χ2v) is 8.28. The average molecular weight is 499 g/mol. The minimum Gasteiger partial charge on any atom is -0.755 e. The van der Waals surface area contributed by atoms with E-state index in [1.807, 2.05) is 13.8 Å². The highest BCUT2D eigenvalue weighted by atomic mass is 32.2. The average Bonchev–Trinajstić information content (AvgIpc) is 2.84. The molecule has 1 atom stereocenters. The van der Waals surface area contributed by atoms with Gasteiger partial charge in [-0.3, -0.25) is 18.6 Å². The van der Waals surface area contributed by atoms with Crippen LogP contribution in [-0.2, 0) is 16.0 Å². The summed E-state index contributed by atoms with van der Waals surface area (Å²) < 4.78 is 35.9. The largest absolute Gasteiger partial charge is 0.755 e. The number of anilines is 3. The first kappa shape index (κ1) is 25.7. The van der Waals surface area contributed by atoms with Gasteiger partial charge in [-0.1, -0.05) is 24.6 Å². The first-order chi connectivity index (χ1) is 16.7. The van der Waals surface area contributed by atoms with Crippen LogP contribution in [-0.4, -0.2) is 33.3 Å². The second-order valence-electron chi connectivity index (χ2n) is 7.48. The predicted molar refractivity (Wildman–Crippen MR) is 132 cm³/mol. The summed E-state index contributed by atoms with van der Waals surface area (Å²) in [5.41, 5.74) is 1.52. The lowest BCUT2D eigenvalue weighted by atomic mass is 10.1. The van der Waals surface area contributed by atoms with Crippen molar-refractivity contribution in [2.45, 2.75) is 20.3 Å². The van der Waals surface area contributed by atoms with E-state index < -0.39 is 22.2 Å². The number of aryl methyl sites for hydroxylation is 1. The van der Waals surface area contributed by atoms with Crippen molar-refractivity contribution in [3.05, 3.63) is 81.9 Å². The van der Waals surface area contributed by atoms with E-state index in [2.05, 4.69) is 5.32 Å². The molecular formula is C24H24N3O7S-. The van der Waals surface area contributed by atoms with Crippen molar-refractivity contribution >= 4 is 40.0 Å².